The van der Waals surface area contributed by atoms with Crippen LogP contribution in [-0.4, -0.2) is 19.2 Å². The molecule has 2 N–H and O–H groups in total. The molecular formula is C18H21ClN2O2. The number of amides is 2. The third kappa shape index (κ3) is 5.18. The lowest BCUT2D eigenvalue weighted by atomic mass is 10.1. The first-order valence-corrected chi connectivity index (χ1v) is 7.99. The molecule has 0 saturated carbocycles. The van der Waals surface area contributed by atoms with Gasteiger partial charge in [0.05, 0.1) is 6.54 Å². The van der Waals surface area contributed by atoms with Gasteiger partial charge in [-0.05, 0) is 48.7 Å². The summed E-state index contributed by atoms with van der Waals surface area (Å²) in [6.07, 6.45) is 0.872. The Hall–Kier alpha value is -2.20. The molecule has 2 amide bonds. The Kier molecular flexibility index (Phi) is 6.29. The Morgan fingerprint density at radius 2 is 1.91 bits per heavy atom. The number of carbonyl (C=O) groups excluding carboxylic acids is 1. The molecule has 5 heteroatoms. The lowest BCUT2D eigenvalue weighted by Gasteiger charge is -2.14. The lowest BCUT2D eigenvalue weighted by Crippen LogP contribution is -2.32. The first kappa shape index (κ1) is 17.2. The summed E-state index contributed by atoms with van der Waals surface area (Å²) in [5.41, 5.74) is 3.06. The van der Waals surface area contributed by atoms with Crippen LogP contribution in [0.1, 0.15) is 18.1 Å². The molecule has 122 valence electrons. The summed E-state index contributed by atoms with van der Waals surface area (Å²) >= 11 is 5.81. The van der Waals surface area contributed by atoms with Gasteiger partial charge in [-0.3, -0.25) is 0 Å². The zero-order chi connectivity index (χ0) is 16.7. The van der Waals surface area contributed by atoms with Crippen molar-refractivity contribution < 1.29 is 9.53 Å². The molecule has 0 fully saturated rings. The van der Waals surface area contributed by atoms with Gasteiger partial charge in [-0.1, -0.05) is 36.7 Å². The molecule has 23 heavy (non-hydrogen) atoms. The summed E-state index contributed by atoms with van der Waals surface area (Å²) in [6.45, 7) is 4.86. The Labute approximate surface area is 141 Å². The fourth-order valence-corrected chi connectivity index (χ4v) is 2.35. The number of rotatable bonds is 6. The van der Waals surface area contributed by atoms with E-state index in [1.54, 1.807) is 24.3 Å². The Balaban J connectivity index is 1.78. The van der Waals surface area contributed by atoms with Crippen molar-refractivity contribution in [1.82, 2.24) is 5.32 Å². The van der Waals surface area contributed by atoms with Crippen molar-refractivity contribution >= 4 is 23.3 Å². The van der Waals surface area contributed by atoms with Gasteiger partial charge in [0.2, 0.25) is 0 Å². The van der Waals surface area contributed by atoms with Crippen molar-refractivity contribution in [3.63, 3.8) is 0 Å². The molecule has 0 bridgehead atoms. The van der Waals surface area contributed by atoms with Crippen LogP contribution >= 0.6 is 11.6 Å². The minimum absolute atomic E-state index is 0.228. The molecule has 0 aliphatic carbocycles. The van der Waals surface area contributed by atoms with E-state index in [1.807, 2.05) is 25.1 Å². The van der Waals surface area contributed by atoms with Gasteiger partial charge in [-0.25, -0.2) is 4.79 Å². The fraction of sp³-hybridized carbons (Fsp3) is 0.278. The monoisotopic (exact) mass is 332 g/mol. The van der Waals surface area contributed by atoms with Crippen LogP contribution in [0.4, 0.5) is 10.5 Å². The van der Waals surface area contributed by atoms with Gasteiger partial charge in [-0.2, -0.15) is 0 Å². The number of para-hydroxylation sites is 1. The molecule has 0 aliphatic rings. The Bertz CT molecular complexity index is 657. The van der Waals surface area contributed by atoms with Crippen molar-refractivity contribution in [3.05, 3.63) is 58.6 Å². The van der Waals surface area contributed by atoms with Gasteiger partial charge in [-0.15, -0.1) is 0 Å². The number of anilines is 1. The van der Waals surface area contributed by atoms with Crippen LogP contribution in [-0.2, 0) is 6.42 Å². The van der Waals surface area contributed by atoms with Crippen LogP contribution in [0.15, 0.2) is 42.5 Å². The molecule has 0 radical (unpaired) electrons. The molecule has 0 saturated heterocycles. The maximum Gasteiger partial charge on any atom is 0.319 e. The average molecular weight is 333 g/mol. The van der Waals surface area contributed by atoms with E-state index in [1.165, 1.54) is 0 Å². The van der Waals surface area contributed by atoms with E-state index in [-0.39, 0.29) is 6.03 Å². The van der Waals surface area contributed by atoms with Crippen LogP contribution in [0.3, 0.4) is 0 Å². The third-order valence-corrected chi connectivity index (χ3v) is 3.70. The van der Waals surface area contributed by atoms with Crippen LogP contribution in [0.5, 0.6) is 5.75 Å². The summed E-state index contributed by atoms with van der Waals surface area (Å²) in [6, 6.07) is 12.9. The van der Waals surface area contributed by atoms with Crippen LogP contribution in [0, 0.1) is 6.92 Å². The number of halogens is 1. The first-order valence-electron chi connectivity index (χ1n) is 7.62. The lowest BCUT2D eigenvalue weighted by molar-refractivity contribution is 0.247. The molecule has 2 rings (SSSR count). The van der Waals surface area contributed by atoms with Crippen molar-refractivity contribution in [2.75, 3.05) is 18.5 Å². The maximum absolute atomic E-state index is 12.0. The van der Waals surface area contributed by atoms with Crippen LogP contribution in [0.2, 0.25) is 5.02 Å². The summed E-state index contributed by atoms with van der Waals surface area (Å²) in [4.78, 5) is 12.0. The second-order valence-electron chi connectivity index (χ2n) is 5.15. The van der Waals surface area contributed by atoms with Crippen LogP contribution in [0.25, 0.3) is 0 Å². The number of benzene rings is 2. The predicted molar refractivity (Wildman–Crippen MR) is 94.5 cm³/mol. The van der Waals surface area contributed by atoms with E-state index >= 15 is 0 Å². The zero-order valence-electron chi connectivity index (χ0n) is 13.4. The smallest absolute Gasteiger partial charge is 0.319 e. The van der Waals surface area contributed by atoms with E-state index < -0.39 is 0 Å². The van der Waals surface area contributed by atoms with E-state index in [2.05, 4.69) is 17.6 Å². The summed E-state index contributed by atoms with van der Waals surface area (Å²) < 4.78 is 5.53. The van der Waals surface area contributed by atoms with Crippen molar-refractivity contribution in [2.24, 2.45) is 0 Å². The van der Waals surface area contributed by atoms with Gasteiger partial charge in [0.25, 0.3) is 0 Å². The van der Waals surface area contributed by atoms with Crippen molar-refractivity contribution in [1.29, 1.82) is 0 Å². The quantitative estimate of drug-likeness (QED) is 0.770. The maximum atomic E-state index is 12.0. The highest BCUT2D eigenvalue weighted by Crippen LogP contribution is 2.20. The SMILES string of the molecule is CCc1cccc(C)c1NC(=O)NCCOc1ccc(Cl)cc1. The largest absolute Gasteiger partial charge is 0.492 e. The molecule has 0 heterocycles. The van der Waals surface area contributed by atoms with Crippen molar-refractivity contribution in [2.45, 2.75) is 20.3 Å². The number of carbonyl (C=O) groups is 1. The summed E-state index contributed by atoms with van der Waals surface area (Å²) in [5.74, 6) is 0.726. The highest BCUT2D eigenvalue weighted by Gasteiger charge is 2.07. The van der Waals surface area contributed by atoms with E-state index in [9.17, 15) is 4.79 Å². The Morgan fingerprint density at radius 1 is 1.17 bits per heavy atom. The second-order valence-corrected chi connectivity index (χ2v) is 5.58. The van der Waals surface area contributed by atoms with Gasteiger partial charge >= 0.3 is 6.03 Å². The molecule has 4 nitrogen and oxygen atoms in total. The normalized spacial score (nSPS) is 10.2. The topological polar surface area (TPSA) is 50.4 Å². The Morgan fingerprint density at radius 3 is 2.61 bits per heavy atom. The van der Waals surface area contributed by atoms with E-state index in [0.717, 1.165) is 29.0 Å². The number of hydrogen-bond acceptors (Lipinski definition) is 2. The van der Waals surface area contributed by atoms with Gasteiger partial charge in [0, 0.05) is 10.7 Å². The minimum Gasteiger partial charge on any atom is -0.492 e. The standard InChI is InChI=1S/C18H21ClN2O2/c1-3-14-6-4-5-13(2)17(14)21-18(22)20-11-12-23-16-9-7-15(19)8-10-16/h4-10H,3,11-12H2,1-2H3,(H2,20,21,22). The molecule has 2 aromatic rings. The summed E-state index contributed by atoms with van der Waals surface area (Å²) in [7, 11) is 0. The molecule has 0 aliphatic heterocycles. The second kappa shape index (κ2) is 8.44. The number of urea groups is 1. The number of hydrogen-bond donors (Lipinski definition) is 2. The first-order chi connectivity index (χ1) is 11.1. The van der Waals surface area contributed by atoms with E-state index in [0.29, 0.717) is 18.2 Å². The predicted octanol–water partition coefficient (Wildman–Crippen LogP) is 4.41. The highest BCUT2D eigenvalue weighted by molar-refractivity contribution is 6.30. The third-order valence-electron chi connectivity index (χ3n) is 3.45. The summed E-state index contributed by atoms with van der Waals surface area (Å²) in [5, 5.41) is 6.37. The molecule has 0 spiro atoms. The molecular weight excluding hydrogens is 312 g/mol. The minimum atomic E-state index is -0.228. The molecule has 0 aromatic heterocycles. The van der Waals surface area contributed by atoms with Crippen molar-refractivity contribution in [3.8, 4) is 5.75 Å². The number of nitrogens with one attached hydrogen (secondary N) is 2. The fourth-order valence-electron chi connectivity index (χ4n) is 2.22. The highest BCUT2D eigenvalue weighted by atomic mass is 35.5. The molecule has 0 unspecified atom stereocenters. The molecule has 0 atom stereocenters. The van der Waals surface area contributed by atoms with E-state index in [4.69, 9.17) is 16.3 Å². The average Bonchev–Trinajstić information content (AvgIpc) is 2.55. The van der Waals surface area contributed by atoms with Gasteiger partial charge in [0.1, 0.15) is 12.4 Å². The molecule has 2 aromatic carbocycles. The van der Waals surface area contributed by atoms with Crippen LogP contribution < -0.4 is 15.4 Å². The zero-order valence-corrected chi connectivity index (χ0v) is 14.1. The van der Waals surface area contributed by atoms with Gasteiger partial charge in [0.15, 0.2) is 0 Å². The number of ether oxygens (including phenoxy) is 1. The van der Waals surface area contributed by atoms with Gasteiger partial charge < -0.3 is 15.4 Å². The number of aryl methyl sites for hydroxylation is 2.